The maximum Gasteiger partial charge on any atom is 0.159 e. The molecule has 0 saturated carbocycles. The zero-order valence-electron chi connectivity index (χ0n) is 9.22. The van der Waals surface area contributed by atoms with E-state index in [0.717, 1.165) is 23.1 Å². The van der Waals surface area contributed by atoms with Gasteiger partial charge in [-0.05, 0) is 29.3 Å². The molecule has 2 aromatic heterocycles. The van der Waals surface area contributed by atoms with Crippen molar-refractivity contribution in [1.82, 2.24) is 9.97 Å². The van der Waals surface area contributed by atoms with E-state index in [2.05, 4.69) is 46.4 Å². The summed E-state index contributed by atoms with van der Waals surface area (Å²) < 4.78 is 0. The molecule has 2 heteroatoms. The standard InChI is InChI=1S/C15H10N2/c1-2-6-13-10(4-1)8-12-9-11-5-3-7-16-15(11)17-14(12)13/h1-7,9H,8H2. The Morgan fingerprint density at radius 3 is 2.88 bits per heavy atom. The van der Waals surface area contributed by atoms with Gasteiger partial charge >= 0.3 is 0 Å². The predicted molar refractivity (Wildman–Crippen MR) is 67.8 cm³/mol. The Bertz CT molecular complexity index is 732. The molecule has 0 atom stereocenters. The van der Waals surface area contributed by atoms with Crippen LogP contribution in [-0.4, -0.2) is 9.97 Å². The van der Waals surface area contributed by atoms with Crippen LogP contribution in [0.2, 0.25) is 0 Å². The second-order valence-corrected chi connectivity index (χ2v) is 4.38. The fourth-order valence-electron chi connectivity index (χ4n) is 2.53. The second kappa shape index (κ2) is 3.14. The van der Waals surface area contributed by atoms with Crippen molar-refractivity contribution >= 4 is 11.0 Å². The molecule has 17 heavy (non-hydrogen) atoms. The molecular weight excluding hydrogens is 208 g/mol. The van der Waals surface area contributed by atoms with Gasteiger partial charge in [0.1, 0.15) is 0 Å². The van der Waals surface area contributed by atoms with Crippen LogP contribution in [0.15, 0.2) is 48.7 Å². The van der Waals surface area contributed by atoms with Gasteiger partial charge in [0, 0.05) is 23.6 Å². The van der Waals surface area contributed by atoms with Crippen molar-refractivity contribution in [1.29, 1.82) is 0 Å². The molecule has 0 bridgehead atoms. The zero-order valence-corrected chi connectivity index (χ0v) is 9.22. The fourth-order valence-corrected chi connectivity index (χ4v) is 2.53. The molecule has 3 aromatic rings. The van der Waals surface area contributed by atoms with Crippen LogP contribution in [0.4, 0.5) is 0 Å². The van der Waals surface area contributed by atoms with Gasteiger partial charge in [0.15, 0.2) is 5.65 Å². The first-order chi connectivity index (χ1) is 8.42. The first kappa shape index (κ1) is 8.88. The molecule has 0 spiro atoms. The highest BCUT2D eigenvalue weighted by molar-refractivity contribution is 5.83. The summed E-state index contributed by atoms with van der Waals surface area (Å²) in [7, 11) is 0. The van der Waals surface area contributed by atoms with E-state index >= 15 is 0 Å². The smallest absolute Gasteiger partial charge is 0.159 e. The van der Waals surface area contributed by atoms with E-state index in [1.165, 1.54) is 16.7 Å². The van der Waals surface area contributed by atoms with Gasteiger partial charge in [-0.2, -0.15) is 0 Å². The van der Waals surface area contributed by atoms with E-state index in [1.807, 2.05) is 6.07 Å². The minimum Gasteiger partial charge on any atom is -0.237 e. The van der Waals surface area contributed by atoms with Gasteiger partial charge in [-0.25, -0.2) is 9.97 Å². The van der Waals surface area contributed by atoms with Crippen molar-refractivity contribution in [3.8, 4) is 11.3 Å². The molecule has 80 valence electrons. The molecule has 0 amide bonds. The number of rotatable bonds is 0. The molecule has 0 radical (unpaired) electrons. The Kier molecular flexibility index (Phi) is 1.64. The number of nitrogens with zero attached hydrogens (tertiary/aromatic N) is 2. The molecule has 1 aliphatic rings. The van der Waals surface area contributed by atoms with E-state index in [4.69, 9.17) is 0 Å². The highest BCUT2D eigenvalue weighted by Gasteiger charge is 2.19. The van der Waals surface area contributed by atoms with Crippen LogP contribution in [0.5, 0.6) is 0 Å². The third-order valence-corrected chi connectivity index (χ3v) is 3.32. The molecule has 1 aliphatic carbocycles. The second-order valence-electron chi connectivity index (χ2n) is 4.38. The molecular formula is C15H10N2. The summed E-state index contributed by atoms with van der Waals surface area (Å²) >= 11 is 0. The van der Waals surface area contributed by atoms with Crippen LogP contribution in [0.25, 0.3) is 22.3 Å². The molecule has 0 aliphatic heterocycles. The third kappa shape index (κ3) is 1.21. The Hall–Kier alpha value is -2.22. The lowest BCUT2D eigenvalue weighted by molar-refractivity contribution is 1.23. The highest BCUT2D eigenvalue weighted by atomic mass is 14.8. The molecule has 1 aromatic carbocycles. The average molecular weight is 218 g/mol. The van der Waals surface area contributed by atoms with Gasteiger partial charge in [-0.15, -0.1) is 0 Å². The van der Waals surface area contributed by atoms with Gasteiger partial charge in [-0.3, -0.25) is 0 Å². The minimum atomic E-state index is 0.836. The van der Waals surface area contributed by atoms with E-state index in [-0.39, 0.29) is 0 Å². The predicted octanol–water partition coefficient (Wildman–Crippen LogP) is 3.20. The minimum absolute atomic E-state index is 0.836. The van der Waals surface area contributed by atoms with Gasteiger partial charge in [-0.1, -0.05) is 24.3 Å². The topological polar surface area (TPSA) is 25.8 Å². The largest absolute Gasteiger partial charge is 0.237 e. The lowest BCUT2D eigenvalue weighted by Gasteiger charge is -2.01. The molecule has 0 fully saturated rings. The maximum atomic E-state index is 4.69. The monoisotopic (exact) mass is 218 g/mol. The summed E-state index contributed by atoms with van der Waals surface area (Å²) in [5.74, 6) is 0. The van der Waals surface area contributed by atoms with Crippen molar-refractivity contribution in [2.75, 3.05) is 0 Å². The van der Waals surface area contributed by atoms with E-state index in [9.17, 15) is 0 Å². The van der Waals surface area contributed by atoms with Gasteiger partial charge in [0.2, 0.25) is 0 Å². The molecule has 0 unspecified atom stereocenters. The maximum absolute atomic E-state index is 4.69. The summed E-state index contributed by atoms with van der Waals surface area (Å²) in [4.78, 5) is 9.01. The van der Waals surface area contributed by atoms with Gasteiger partial charge < -0.3 is 0 Å². The molecule has 4 rings (SSSR count). The Morgan fingerprint density at radius 1 is 0.941 bits per heavy atom. The van der Waals surface area contributed by atoms with Crippen molar-refractivity contribution in [2.24, 2.45) is 0 Å². The molecule has 0 N–H and O–H groups in total. The number of fused-ring (bicyclic) bond motifs is 4. The third-order valence-electron chi connectivity index (χ3n) is 3.32. The van der Waals surface area contributed by atoms with Crippen LogP contribution in [0.1, 0.15) is 11.1 Å². The summed E-state index contributed by atoms with van der Waals surface area (Å²) in [5.41, 5.74) is 5.88. The quantitative estimate of drug-likeness (QED) is 0.453. The van der Waals surface area contributed by atoms with Crippen molar-refractivity contribution in [3.63, 3.8) is 0 Å². The van der Waals surface area contributed by atoms with Crippen LogP contribution >= 0.6 is 0 Å². The SMILES string of the molecule is c1ccc2c(c1)Cc1cc3cccnc3nc1-2. The summed E-state index contributed by atoms with van der Waals surface area (Å²) in [6.45, 7) is 0. The average Bonchev–Trinajstić information content (AvgIpc) is 2.73. The molecule has 0 saturated heterocycles. The lowest BCUT2D eigenvalue weighted by atomic mass is 10.1. The van der Waals surface area contributed by atoms with Crippen molar-refractivity contribution in [3.05, 3.63) is 59.8 Å². The van der Waals surface area contributed by atoms with E-state index in [1.54, 1.807) is 6.20 Å². The number of hydrogen-bond donors (Lipinski definition) is 0. The van der Waals surface area contributed by atoms with Crippen LogP contribution in [0, 0.1) is 0 Å². The number of pyridine rings is 2. The van der Waals surface area contributed by atoms with Crippen LogP contribution < -0.4 is 0 Å². The summed E-state index contributed by atoms with van der Waals surface area (Å²) in [6, 6.07) is 14.7. The van der Waals surface area contributed by atoms with Crippen LogP contribution in [-0.2, 0) is 6.42 Å². The Morgan fingerprint density at radius 2 is 1.88 bits per heavy atom. The summed E-state index contributed by atoms with van der Waals surface area (Å²) in [5, 5.41) is 1.12. The highest BCUT2D eigenvalue weighted by Crippen LogP contribution is 2.35. The van der Waals surface area contributed by atoms with Gasteiger partial charge in [0.25, 0.3) is 0 Å². The Labute approximate surface area is 99.0 Å². The van der Waals surface area contributed by atoms with Crippen molar-refractivity contribution in [2.45, 2.75) is 6.42 Å². The zero-order chi connectivity index (χ0) is 11.2. The summed E-state index contributed by atoms with van der Waals surface area (Å²) in [6.07, 6.45) is 2.78. The van der Waals surface area contributed by atoms with Crippen LogP contribution in [0.3, 0.4) is 0 Å². The molecule has 2 heterocycles. The fraction of sp³-hybridized carbons (Fsp3) is 0.0667. The van der Waals surface area contributed by atoms with E-state index < -0.39 is 0 Å². The van der Waals surface area contributed by atoms with Gasteiger partial charge in [0.05, 0.1) is 5.69 Å². The number of aromatic nitrogens is 2. The first-order valence-corrected chi connectivity index (χ1v) is 5.75. The number of benzene rings is 1. The lowest BCUT2D eigenvalue weighted by Crippen LogP contribution is -1.88. The van der Waals surface area contributed by atoms with Crippen molar-refractivity contribution < 1.29 is 0 Å². The molecule has 2 nitrogen and oxygen atoms in total. The number of hydrogen-bond acceptors (Lipinski definition) is 2. The van der Waals surface area contributed by atoms with E-state index in [0.29, 0.717) is 0 Å². The Balaban J connectivity index is 2.07. The normalized spacial score (nSPS) is 12.5. The first-order valence-electron chi connectivity index (χ1n) is 5.75.